The molecule has 0 radical (unpaired) electrons. The molecule has 98 valence electrons. The number of hydrogen-bond donors (Lipinski definition) is 2. The Morgan fingerprint density at radius 1 is 1.44 bits per heavy atom. The summed E-state index contributed by atoms with van der Waals surface area (Å²) in [5, 5.41) is 11.9. The van der Waals surface area contributed by atoms with Crippen molar-refractivity contribution in [3.63, 3.8) is 0 Å². The Morgan fingerprint density at radius 2 is 2.17 bits per heavy atom. The first-order valence-electron chi connectivity index (χ1n) is 6.01. The Labute approximate surface area is 107 Å². The van der Waals surface area contributed by atoms with Gasteiger partial charge >= 0.3 is 0 Å². The molecule has 0 heterocycles. The average Bonchev–Trinajstić information content (AvgIpc) is 2.35. The number of nitrogens with one attached hydrogen (secondary N) is 1. The van der Waals surface area contributed by atoms with Gasteiger partial charge in [0.2, 0.25) is 5.91 Å². The van der Waals surface area contributed by atoms with Crippen molar-refractivity contribution in [1.82, 2.24) is 5.32 Å². The number of hydrogen-bond acceptors (Lipinski definition) is 3. The Hall–Kier alpha value is -1.68. The van der Waals surface area contributed by atoms with E-state index in [1.807, 2.05) is 13.8 Å². The molecule has 4 nitrogen and oxygen atoms in total. The molecule has 0 bridgehead atoms. The fourth-order valence-electron chi connectivity index (χ4n) is 1.64. The van der Waals surface area contributed by atoms with Crippen molar-refractivity contribution in [1.29, 1.82) is 0 Å². The summed E-state index contributed by atoms with van der Waals surface area (Å²) in [6.07, 6.45) is 0.969. The third kappa shape index (κ3) is 4.30. The molecule has 0 aromatic heterocycles. The second-order valence-corrected chi connectivity index (χ2v) is 4.64. The molecule has 0 unspecified atom stereocenters. The molecule has 1 aromatic rings. The first-order valence-corrected chi connectivity index (χ1v) is 6.01. The van der Waals surface area contributed by atoms with E-state index in [2.05, 4.69) is 5.32 Å². The zero-order valence-corrected chi connectivity index (χ0v) is 10.7. The minimum atomic E-state index is -0.230. The Kier molecular flexibility index (Phi) is 5.52. The molecule has 4 heteroatoms. The third-order valence-electron chi connectivity index (χ3n) is 2.80. The van der Waals surface area contributed by atoms with Gasteiger partial charge in [-0.1, -0.05) is 32.0 Å². The minimum absolute atomic E-state index is 0.0716. The van der Waals surface area contributed by atoms with Crippen LogP contribution in [0.25, 0.3) is 0 Å². The molecule has 1 amide bonds. The number of aliphatic hydroxyl groups is 1. The number of aliphatic hydroxyl groups excluding tert-OH is 1. The van der Waals surface area contributed by atoms with Crippen LogP contribution >= 0.6 is 0 Å². The molecule has 0 aliphatic heterocycles. The van der Waals surface area contributed by atoms with Gasteiger partial charge in [-0.2, -0.15) is 0 Å². The van der Waals surface area contributed by atoms with Crippen LogP contribution in [0.3, 0.4) is 0 Å². The number of amides is 1. The molecule has 0 saturated heterocycles. The van der Waals surface area contributed by atoms with E-state index in [9.17, 15) is 9.59 Å². The quantitative estimate of drug-likeness (QED) is 0.744. The lowest BCUT2D eigenvalue weighted by atomic mass is 10.0. The Morgan fingerprint density at radius 3 is 2.72 bits per heavy atom. The van der Waals surface area contributed by atoms with Gasteiger partial charge in [0, 0.05) is 5.56 Å². The highest BCUT2D eigenvalue weighted by Gasteiger charge is 2.15. The second kappa shape index (κ2) is 6.91. The van der Waals surface area contributed by atoms with Gasteiger partial charge in [-0.05, 0) is 17.5 Å². The summed E-state index contributed by atoms with van der Waals surface area (Å²) >= 11 is 0. The Balaban J connectivity index is 2.61. The van der Waals surface area contributed by atoms with E-state index in [1.54, 1.807) is 24.3 Å². The predicted molar refractivity (Wildman–Crippen MR) is 69.4 cm³/mol. The zero-order valence-electron chi connectivity index (χ0n) is 10.7. The summed E-state index contributed by atoms with van der Waals surface area (Å²) in [6.45, 7) is 3.81. The molecule has 0 spiro atoms. The predicted octanol–water partition coefficient (Wildman–Crippen LogP) is 1.17. The van der Waals surface area contributed by atoms with Crippen LogP contribution in [0.4, 0.5) is 0 Å². The monoisotopic (exact) mass is 249 g/mol. The topological polar surface area (TPSA) is 66.4 Å². The van der Waals surface area contributed by atoms with E-state index >= 15 is 0 Å². The van der Waals surface area contributed by atoms with Gasteiger partial charge in [-0.3, -0.25) is 9.59 Å². The van der Waals surface area contributed by atoms with Crippen LogP contribution in [0.5, 0.6) is 0 Å². The highest BCUT2D eigenvalue weighted by molar-refractivity contribution is 5.80. The van der Waals surface area contributed by atoms with Gasteiger partial charge in [0.1, 0.15) is 6.29 Å². The van der Waals surface area contributed by atoms with Crippen LogP contribution in [0.1, 0.15) is 29.8 Å². The fourth-order valence-corrected chi connectivity index (χ4v) is 1.64. The van der Waals surface area contributed by atoms with Crippen LogP contribution in [-0.4, -0.2) is 29.9 Å². The van der Waals surface area contributed by atoms with E-state index in [4.69, 9.17) is 5.11 Å². The van der Waals surface area contributed by atoms with Crippen LogP contribution in [0.2, 0.25) is 0 Å². The van der Waals surface area contributed by atoms with E-state index < -0.39 is 0 Å². The summed E-state index contributed by atoms with van der Waals surface area (Å²) in [5.74, 6) is 0.0334. The van der Waals surface area contributed by atoms with Crippen LogP contribution in [-0.2, 0) is 11.2 Å². The maximum Gasteiger partial charge on any atom is 0.224 e. The van der Waals surface area contributed by atoms with E-state index in [0.29, 0.717) is 5.56 Å². The lowest BCUT2D eigenvalue weighted by Gasteiger charge is -2.19. The molecular weight excluding hydrogens is 230 g/mol. The van der Waals surface area contributed by atoms with Gasteiger partial charge in [0.15, 0.2) is 0 Å². The fraction of sp³-hybridized carbons (Fsp3) is 0.429. The molecule has 2 N–H and O–H groups in total. The van der Waals surface area contributed by atoms with Gasteiger partial charge in [0.25, 0.3) is 0 Å². The second-order valence-electron chi connectivity index (χ2n) is 4.64. The highest BCUT2D eigenvalue weighted by Crippen LogP contribution is 2.05. The highest BCUT2D eigenvalue weighted by atomic mass is 16.3. The van der Waals surface area contributed by atoms with Crippen LogP contribution in [0.15, 0.2) is 24.3 Å². The molecule has 18 heavy (non-hydrogen) atoms. The van der Waals surface area contributed by atoms with E-state index in [1.165, 1.54) is 0 Å². The number of aldehydes is 1. The summed E-state index contributed by atoms with van der Waals surface area (Å²) in [7, 11) is 0. The summed E-state index contributed by atoms with van der Waals surface area (Å²) in [4.78, 5) is 22.4. The van der Waals surface area contributed by atoms with Crippen molar-refractivity contribution in [2.24, 2.45) is 5.92 Å². The zero-order chi connectivity index (χ0) is 13.5. The van der Waals surface area contributed by atoms with Crippen molar-refractivity contribution in [3.05, 3.63) is 35.4 Å². The first-order chi connectivity index (χ1) is 8.56. The normalized spacial score (nSPS) is 12.2. The van der Waals surface area contributed by atoms with Crippen molar-refractivity contribution >= 4 is 12.2 Å². The molecule has 1 rings (SSSR count). The van der Waals surface area contributed by atoms with Crippen molar-refractivity contribution in [3.8, 4) is 0 Å². The van der Waals surface area contributed by atoms with Crippen molar-refractivity contribution in [2.45, 2.75) is 26.3 Å². The largest absolute Gasteiger partial charge is 0.394 e. The Bertz CT molecular complexity index is 415. The van der Waals surface area contributed by atoms with Gasteiger partial charge in [-0.15, -0.1) is 0 Å². The molecule has 0 aliphatic carbocycles. The van der Waals surface area contributed by atoms with Crippen LogP contribution < -0.4 is 5.32 Å². The summed E-state index contributed by atoms with van der Waals surface area (Å²) in [5.41, 5.74) is 1.35. The van der Waals surface area contributed by atoms with E-state index in [-0.39, 0.29) is 30.9 Å². The maximum atomic E-state index is 11.8. The number of carbonyl (C=O) groups excluding carboxylic acids is 2. The van der Waals surface area contributed by atoms with E-state index in [0.717, 1.165) is 11.8 Å². The van der Waals surface area contributed by atoms with Gasteiger partial charge in [0.05, 0.1) is 19.1 Å². The molecule has 1 aromatic carbocycles. The standard InChI is InChI=1S/C14H19NO3/c1-10(2)13(9-17)15-14(18)7-11-4-3-5-12(6-11)8-16/h3-6,8,10,13,17H,7,9H2,1-2H3,(H,15,18)/t13-/m1/s1. The van der Waals surface area contributed by atoms with Gasteiger partial charge < -0.3 is 10.4 Å². The maximum absolute atomic E-state index is 11.8. The molecular formula is C14H19NO3. The summed E-state index contributed by atoms with van der Waals surface area (Å²) in [6, 6.07) is 6.70. The van der Waals surface area contributed by atoms with Crippen molar-refractivity contribution in [2.75, 3.05) is 6.61 Å². The number of benzene rings is 1. The van der Waals surface area contributed by atoms with Crippen LogP contribution in [0, 0.1) is 5.92 Å². The molecule has 1 atom stereocenters. The summed E-state index contributed by atoms with van der Waals surface area (Å²) < 4.78 is 0. The van der Waals surface area contributed by atoms with Gasteiger partial charge in [-0.25, -0.2) is 0 Å². The lowest BCUT2D eigenvalue weighted by molar-refractivity contribution is -0.121. The van der Waals surface area contributed by atoms with Crippen molar-refractivity contribution < 1.29 is 14.7 Å². The average molecular weight is 249 g/mol. The molecule has 0 aliphatic rings. The first kappa shape index (κ1) is 14.4. The molecule has 0 fully saturated rings. The SMILES string of the molecule is CC(C)[C@@H](CO)NC(=O)Cc1cccc(C=O)c1. The smallest absolute Gasteiger partial charge is 0.224 e. The molecule has 0 saturated carbocycles. The minimum Gasteiger partial charge on any atom is -0.394 e. The number of carbonyl (C=O) groups is 2. The third-order valence-corrected chi connectivity index (χ3v) is 2.80. The lowest BCUT2D eigenvalue weighted by Crippen LogP contribution is -2.41. The number of rotatable bonds is 6.